The molecule has 0 spiro atoms. The van der Waals surface area contributed by atoms with Gasteiger partial charge >= 0.3 is 5.97 Å². The average Bonchev–Trinajstić information content (AvgIpc) is 2.80. The predicted molar refractivity (Wildman–Crippen MR) is 89.1 cm³/mol. The van der Waals surface area contributed by atoms with Crippen molar-refractivity contribution in [3.8, 4) is 0 Å². The summed E-state index contributed by atoms with van der Waals surface area (Å²) in [5, 5.41) is 8.44. The van der Waals surface area contributed by atoms with E-state index in [0.717, 1.165) is 5.69 Å². The molecule has 1 unspecified atom stereocenters. The van der Waals surface area contributed by atoms with E-state index in [0.29, 0.717) is 22.8 Å². The zero-order valence-electron chi connectivity index (χ0n) is 13.6. The lowest BCUT2D eigenvalue weighted by atomic mass is 10.2. The molecule has 0 aliphatic carbocycles. The summed E-state index contributed by atoms with van der Waals surface area (Å²) in [4.78, 5) is 16.9. The van der Waals surface area contributed by atoms with Crippen molar-refractivity contribution in [2.75, 3.05) is 0 Å². The Labute approximate surface area is 144 Å². The number of benzene rings is 1. The van der Waals surface area contributed by atoms with Gasteiger partial charge in [0.1, 0.15) is 5.82 Å². The second-order valence-electron chi connectivity index (χ2n) is 5.46. The highest BCUT2D eigenvalue weighted by molar-refractivity contribution is 6.31. The van der Waals surface area contributed by atoms with Gasteiger partial charge in [-0.1, -0.05) is 23.7 Å². The summed E-state index contributed by atoms with van der Waals surface area (Å²) >= 11 is 6.08. The van der Waals surface area contributed by atoms with Crippen LogP contribution in [0, 0.1) is 25.6 Å². The molecule has 1 aromatic heterocycles. The van der Waals surface area contributed by atoms with E-state index < -0.39 is 11.9 Å². The fourth-order valence-electron chi connectivity index (χ4n) is 2.04. The first-order valence-electron chi connectivity index (χ1n) is 7.29. The van der Waals surface area contributed by atoms with Crippen molar-refractivity contribution in [3.63, 3.8) is 0 Å². The summed E-state index contributed by atoms with van der Waals surface area (Å²) in [7, 11) is 0. The van der Waals surface area contributed by atoms with Crippen molar-refractivity contribution in [1.29, 1.82) is 0 Å². The van der Waals surface area contributed by atoms with Crippen molar-refractivity contribution >= 4 is 23.4 Å². The van der Waals surface area contributed by atoms with Crippen molar-refractivity contribution in [2.24, 2.45) is 16.8 Å². The van der Waals surface area contributed by atoms with Gasteiger partial charge in [-0.15, -0.1) is 0 Å². The number of hydrogen-bond acceptors (Lipinski definition) is 4. The van der Waals surface area contributed by atoms with Crippen LogP contribution in [0.2, 0.25) is 5.02 Å². The maximum atomic E-state index is 12.9. The molecule has 0 saturated heterocycles. The van der Waals surface area contributed by atoms with E-state index in [1.165, 1.54) is 24.3 Å². The molecule has 1 heterocycles. The lowest BCUT2D eigenvalue weighted by Crippen LogP contribution is -2.22. The van der Waals surface area contributed by atoms with Gasteiger partial charge in [-0.05, 0) is 38.1 Å². The number of oxime groups is 1. The molecule has 0 amide bonds. The number of amidine groups is 1. The molecule has 0 bridgehead atoms. The minimum atomic E-state index is -0.552. The van der Waals surface area contributed by atoms with Crippen LogP contribution >= 0.6 is 11.6 Å². The molecule has 6 nitrogen and oxygen atoms in total. The lowest BCUT2D eigenvalue weighted by molar-refractivity contribution is -0.148. The topological polar surface area (TPSA) is 82.5 Å². The number of aromatic nitrogens is 2. The first kappa shape index (κ1) is 17.9. The van der Waals surface area contributed by atoms with E-state index in [-0.39, 0.29) is 11.7 Å². The maximum Gasteiger partial charge on any atom is 0.339 e. The maximum absolute atomic E-state index is 12.9. The second kappa shape index (κ2) is 7.44. The van der Waals surface area contributed by atoms with Gasteiger partial charge in [0.15, 0.2) is 5.84 Å². The Morgan fingerprint density at radius 1 is 1.42 bits per heavy atom. The third-order valence-corrected chi connectivity index (χ3v) is 4.06. The average molecular weight is 353 g/mol. The second-order valence-corrected chi connectivity index (χ2v) is 5.84. The fourth-order valence-corrected chi connectivity index (χ4v) is 2.18. The molecule has 2 N–H and O–H groups in total. The van der Waals surface area contributed by atoms with E-state index in [1.807, 2.05) is 6.92 Å². The normalized spacial score (nSPS) is 13.0. The third-order valence-electron chi connectivity index (χ3n) is 3.52. The van der Waals surface area contributed by atoms with Crippen LogP contribution < -0.4 is 5.73 Å². The number of hydrogen-bond donors (Lipinski definition) is 1. The number of carbonyl (C=O) groups is 1. The predicted octanol–water partition coefficient (Wildman–Crippen LogP) is 2.79. The zero-order chi connectivity index (χ0) is 17.9. The highest BCUT2D eigenvalue weighted by atomic mass is 35.5. The summed E-state index contributed by atoms with van der Waals surface area (Å²) in [6.07, 6.45) is 0. The fraction of sp³-hybridized carbons (Fsp3) is 0.312. The number of carbonyl (C=O) groups excluding carboxylic acids is 1. The molecule has 1 aromatic carbocycles. The van der Waals surface area contributed by atoms with Gasteiger partial charge in [0, 0.05) is 5.56 Å². The summed E-state index contributed by atoms with van der Waals surface area (Å²) in [5.74, 6) is -1.45. The van der Waals surface area contributed by atoms with Crippen LogP contribution in [0.1, 0.15) is 23.9 Å². The van der Waals surface area contributed by atoms with Gasteiger partial charge in [-0.25, -0.2) is 9.18 Å². The van der Waals surface area contributed by atoms with E-state index in [4.69, 9.17) is 22.2 Å². The van der Waals surface area contributed by atoms with Crippen LogP contribution in [0.3, 0.4) is 0 Å². The Hall–Kier alpha value is -2.41. The van der Waals surface area contributed by atoms with E-state index in [1.54, 1.807) is 18.5 Å². The van der Waals surface area contributed by atoms with E-state index in [9.17, 15) is 9.18 Å². The van der Waals surface area contributed by atoms with Gasteiger partial charge in [0.2, 0.25) is 0 Å². The summed E-state index contributed by atoms with van der Waals surface area (Å²) < 4.78 is 14.5. The van der Waals surface area contributed by atoms with Gasteiger partial charge in [-0.3, -0.25) is 4.68 Å². The molecule has 24 heavy (non-hydrogen) atoms. The molecule has 2 rings (SSSR count). The SMILES string of the molecule is Cc1nn(CC(C)C(=O)O/N=C(\N)c2ccc(F)cc2)c(C)c1Cl. The molecule has 0 aliphatic heterocycles. The van der Waals surface area contributed by atoms with Gasteiger partial charge in [0.05, 0.1) is 28.9 Å². The van der Waals surface area contributed by atoms with Crippen LogP contribution in [0.5, 0.6) is 0 Å². The Kier molecular flexibility index (Phi) is 5.56. The van der Waals surface area contributed by atoms with Crippen molar-refractivity contribution in [3.05, 3.63) is 52.1 Å². The largest absolute Gasteiger partial charge is 0.380 e. The molecule has 128 valence electrons. The van der Waals surface area contributed by atoms with Crippen molar-refractivity contribution in [2.45, 2.75) is 27.3 Å². The quantitative estimate of drug-likeness (QED) is 0.388. The monoisotopic (exact) mass is 352 g/mol. The van der Waals surface area contributed by atoms with Crippen molar-refractivity contribution in [1.82, 2.24) is 9.78 Å². The van der Waals surface area contributed by atoms with Gasteiger partial charge < -0.3 is 10.6 Å². The minimum Gasteiger partial charge on any atom is -0.380 e. The molecule has 0 radical (unpaired) electrons. The smallest absolute Gasteiger partial charge is 0.339 e. The lowest BCUT2D eigenvalue weighted by Gasteiger charge is -2.10. The highest BCUT2D eigenvalue weighted by Crippen LogP contribution is 2.20. The van der Waals surface area contributed by atoms with Crippen molar-refractivity contribution < 1.29 is 14.0 Å². The number of nitrogens with two attached hydrogens (primary N) is 1. The Morgan fingerprint density at radius 2 is 2.04 bits per heavy atom. The van der Waals surface area contributed by atoms with Gasteiger partial charge in [0.25, 0.3) is 0 Å². The summed E-state index contributed by atoms with van der Waals surface area (Å²) in [6.45, 7) is 5.62. The number of halogens is 2. The molecule has 1 atom stereocenters. The molecular formula is C16H18ClFN4O2. The van der Waals surface area contributed by atoms with Crippen LogP contribution in [-0.4, -0.2) is 21.6 Å². The van der Waals surface area contributed by atoms with Crippen LogP contribution in [0.15, 0.2) is 29.4 Å². The van der Waals surface area contributed by atoms with Crippen LogP contribution in [-0.2, 0) is 16.2 Å². The standard InChI is InChI=1S/C16H18ClFN4O2/c1-9(8-22-11(3)14(17)10(2)20-22)16(23)24-21-15(19)12-4-6-13(18)7-5-12/h4-7,9H,8H2,1-3H3,(H2,19,21). The number of rotatable bonds is 5. The first-order valence-corrected chi connectivity index (χ1v) is 7.67. The summed E-state index contributed by atoms with van der Waals surface area (Å²) in [5.41, 5.74) is 7.65. The highest BCUT2D eigenvalue weighted by Gasteiger charge is 2.19. The summed E-state index contributed by atoms with van der Waals surface area (Å²) in [6, 6.07) is 5.38. The van der Waals surface area contributed by atoms with E-state index >= 15 is 0 Å². The third kappa shape index (κ3) is 4.11. The zero-order valence-corrected chi connectivity index (χ0v) is 14.3. The van der Waals surface area contributed by atoms with E-state index in [2.05, 4.69) is 10.3 Å². The first-order chi connectivity index (χ1) is 11.3. The molecule has 0 saturated carbocycles. The minimum absolute atomic E-state index is 0.00953. The number of nitrogens with zero attached hydrogens (tertiary/aromatic N) is 3. The van der Waals surface area contributed by atoms with Crippen LogP contribution in [0.25, 0.3) is 0 Å². The molecule has 0 fully saturated rings. The Morgan fingerprint density at radius 3 is 2.58 bits per heavy atom. The molecule has 8 heteroatoms. The number of aryl methyl sites for hydroxylation is 1. The molecular weight excluding hydrogens is 335 g/mol. The van der Waals surface area contributed by atoms with Gasteiger partial charge in [-0.2, -0.15) is 5.10 Å². The molecule has 2 aromatic rings. The Balaban J connectivity index is 1.99. The van der Waals surface area contributed by atoms with Crippen LogP contribution in [0.4, 0.5) is 4.39 Å². The molecule has 0 aliphatic rings. The Bertz CT molecular complexity index is 771.